The average Bonchev–Trinajstić information content (AvgIpc) is 2.12. The highest BCUT2D eigenvalue weighted by molar-refractivity contribution is 5.79. The van der Waals surface area contributed by atoms with Crippen LogP contribution >= 0.6 is 0 Å². The Morgan fingerprint density at radius 2 is 2.29 bits per heavy atom. The topological polar surface area (TPSA) is 41.6 Å². The zero-order chi connectivity index (χ0) is 10.6. The van der Waals surface area contributed by atoms with E-state index in [1.807, 2.05) is 0 Å². The minimum atomic E-state index is 0.0711. The second-order valence-corrected chi connectivity index (χ2v) is 4.36. The summed E-state index contributed by atoms with van der Waals surface area (Å²) < 4.78 is 5.00. The maximum atomic E-state index is 11.2. The third-order valence-electron chi connectivity index (χ3n) is 2.69. The summed E-state index contributed by atoms with van der Waals surface area (Å²) in [5.41, 5.74) is 0.0711. The minimum absolute atomic E-state index is 0.0711. The van der Waals surface area contributed by atoms with Crippen LogP contribution in [0.15, 0.2) is 0 Å². The third-order valence-corrected chi connectivity index (χ3v) is 2.69. The molecule has 1 saturated heterocycles. The maximum Gasteiger partial charge on any atom is 0.234 e. The zero-order valence-corrected chi connectivity index (χ0v) is 9.30. The minimum Gasteiger partial charge on any atom is -0.385 e. The summed E-state index contributed by atoms with van der Waals surface area (Å²) in [7, 11) is 1.70. The number of ether oxygens (including phenoxy) is 1. The van der Waals surface area contributed by atoms with E-state index in [-0.39, 0.29) is 11.4 Å². The van der Waals surface area contributed by atoms with Crippen LogP contribution in [0.1, 0.15) is 20.3 Å². The van der Waals surface area contributed by atoms with Crippen LogP contribution in [0.3, 0.4) is 0 Å². The SMILES string of the molecule is COCCCN1CC(=O)NCC1(C)C. The molecule has 14 heavy (non-hydrogen) atoms. The van der Waals surface area contributed by atoms with Crippen molar-refractivity contribution in [3.8, 4) is 0 Å². The summed E-state index contributed by atoms with van der Waals surface area (Å²) in [5.74, 6) is 0.127. The Morgan fingerprint density at radius 3 is 2.93 bits per heavy atom. The first-order chi connectivity index (χ1) is 6.56. The van der Waals surface area contributed by atoms with Crippen molar-refractivity contribution in [2.24, 2.45) is 0 Å². The van der Waals surface area contributed by atoms with Crippen molar-refractivity contribution in [1.82, 2.24) is 10.2 Å². The summed E-state index contributed by atoms with van der Waals surface area (Å²) in [6.07, 6.45) is 0.979. The van der Waals surface area contributed by atoms with Crippen LogP contribution in [-0.2, 0) is 9.53 Å². The largest absolute Gasteiger partial charge is 0.385 e. The lowest BCUT2D eigenvalue weighted by atomic mass is 10.00. The van der Waals surface area contributed by atoms with Gasteiger partial charge in [0.15, 0.2) is 0 Å². The monoisotopic (exact) mass is 200 g/mol. The van der Waals surface area contributed by atoms with Gasteiger partial charge in [-0.3, -0.25) is 9.69 Å². The summed E-state index contributed by atoms with van der Waals surface area (Å²) in [4.78, 5) is 13.4. The number of methoxy groups -OCH3 is 1. The fourth-order valence-corrected chi connectivity index (χ4v) is 1.65. The lowest BCUT2D eigenvalue weighted by Crippen LogP contribution is -2.60. The molecule has 4 heteroatoms. The first kappa shape index (κ1) is 11.5. The Labute approximate surface area is 85.6 Å². The Balaban J connectivity index is 2.41. The number of nitrogens with zero attached hydrogens (tertiary/aromatic N) is 1. The van der Waals surface area contributed by atoms with Crippen molar-refractivity contribution in [2.75, 3.05) is 33.4 Å². The number of carbonyl (C=O) groups excluding carboxylic acids is 1. The molecule has 0 bridgehead atoms. The number of amides is 1. The van der Waals surface area contributed by atoms with E-state index >= 15 is 0 Å². The number of carbonyl (C=O) groups is 1. The van der Waals surface area contributed by atoms with Crippen LogP contribution in [0.4, 0.5) is 0 Å². The molecular formula is C10H20N2O2. The van der Waals surface area contributed by atoms with Gasteiger partial charge in [0.25, 0.3) is 0 Å². The van der Waals surface area contributed by atoms with E-state index in [9.17, 15) is 4.79 Å². The second-order valence-electron chi connectivity index (χ2n) is 4.36. The van der Waals surface area contributed by atoms with Gasteiger partial charge in [0, 0.05) is 32.3 Å². The fraction of sp³-hybridized carbons (Fsp3) is 0.900. The highest BCUT2D eigenvalue weighted by Gasteiger charge is 2.32. The van der Waals surface area contributed by atoms with Crippen LogP contribution in [-0.4, -0.2) is 49.7 Å². The normalized spacial score (nSPS) is 22.1. The van der Waals surface area contributed by atoms with Gasteiger partial charge in [-0.1, -0.05) is 0 Å². The van der Waals surface area contributed by atoms with Gasteiger partial charge in [0.2, 0.25) is 5.91 Å². The quantitative estimate of drug-likeness (QED) is 0.661. The Kier molecular flexibility index (Phi) is 3.89. The molecule has 1 fully saturated rings. The van der Waals surface area contributed by atoms with E-state index in [1.54, 1.807) is 7.11 Å². The Hall–Kier alpha value is -0.610. The summed E-state index contributed by atoms with van der Waals surface area (Å²) >= 11 is 0. The van der Waals surface area contributed by atoms with Gasteiger partial charge >= 0.3 is 0 Å². The molecule has 82 valence electrons. The molecule has 1 heterocycles. The molecule has 1 rings (SSSR count). The van der Waals surface area contributed by atoms with Gasteiger partial charge < -0.3 is 10.1 Å². The van der Waals surface area contributed by atoms with Crippen LogP contribution < -0.4 is 5.32 Å². The summed E-state index contributed by atoms with van der Waals surface area (Å²) in [6.45, 7) is 7.23. The van der Waals surface area contributed by atoms with E-state index in [2.05, 4.69) is 24.1 Å². The number of rotatable bonds is 4. The average molecular weight is 200 g/mol. The first-order valence-electron chi connectivity index (χ1n) is 5.07. The van der Waals surface area contributed by atoms with Crippen molar-refractivity contribution in [2.45, 2.75) is 25.8 Å². The molecule has 0 unspecified atom stereocenters. The van der Waals surface area contributed by atoms with E-state index in [4.69, 9.17) is 4.74 Å². The first-order valence-corrected chi connectivity index (χ1v) is 5.07. The van der Waals surface area contributed by atoms with Gasteiger partial charge in [-0.25, -0.2) is 0 Å². The van der Waals surface area contributed by atoms with Crippen molar-refractivity contribution in [3.05, 3.63) is 0 Å². The van der Waals surface area contributed by atoms with Crippen molar-refractivity contribution in [3.63, 3.8) is 0 Å². The molecule has 1 aliphatic rings. The van der Waals surface area contributed by atoms with Gasteiger partial charge in [-0.05, 0) is 20.3 Å². The molecule has 0 atom stereocenters. The van der Waals surface area contributed by atoms with E-state index < -0.39 is 0 Å². The van der Waals surface area contributed by atoms with Crippen LogP contribution in [0.5, 0.6) is 0 Å². The second kappa shape index (κ2) is 4.75. The molecule has 0 radical (unpaired) electrons. The smallest absolute Gasteiger partial charge is 0.234 e. The Morgan fingerprint density at radius 1 is 1.57 bits per heavy atom. The Bertz CT molecular complexity index is 204. The number of hydrogen-bond acceptors (Lipinski definition) is 3. The van der Waals surface area contributed by atoms with E-state index in [0.29, 0.717) is 6.54 Å². The van der Waals surface area contributed by atoms with E-state index in [1.165, 1.54) is 0 Å². The van der Waals surface area contributed by atoms with Gasteiger partial charge in [0.1, 0.15) is 0 Å². The number of nitrogens with one attached hydrogen (secondary N) is 1. The molecule has 0 saturated carbocycles. The molecule has 0 aliphatic carbocycles. The molecular weight excluding hydrogens is 180 g/mol. The van der Waals surface area contributed by atoms with E-state index in [0.717, 1.165) is 26.1 Å². The van der Waals surface area contributed by atoms with Gasteiger partial charge in [-0.15, -0.1) is 0 Å². The molecule has 0 spiro atoms. The van der Waals surface area contributed by atoms with Crippen LogP contribution in [0.25, 0.3) is 0 Å². The standard InChI is InChI=1S/C10H20N2O2/c1-10(2)8-11-9(13)7-12(10)5-4-6-14-3/h4-8H2,1-3H3,(H,11,13). The summed E-state index contributed by atoms with van der Waals surface area (Å²) in [5, 5.41) is 2.88. The van der Waals surface area contributed by atoms with Gasteiger partial charge in [-0.2, -0.15) is 0 Å². The molecule has 4 nitrogen and oxygen atoms in total. The zero-order valence-electron chi connectivity index (χ0n) is 9.30. The van der Waals surface area contributed by atoms with Crippen molar-refractivity contribution < 1.29 is 9.53 Å². The third kappa shape index (κ3) is 2.96. The highest BCUT2D eigenvalue weighted by atomic mass is 16.5. The maximum absolute atomic E-state index is 11.2. The highest BCUT2D eigenvalue weighted by Crippen LogP contribution is 2.16. The molecule has 0 aromatic carbocycles. The number of hydrogen-bond donors (Lipinski definition) is 1. The molecule has 1 aliphatic heterocycles. The summed E-state index contributed by atoms with van der Waals surface area (Å²) in [6, 6.07) is 0. The molecule has 1 amide bonds. The predicted molar refractivity (Wildman–Crippen MR) is 55.2 cm³/mol. The van der Waals surface area contributed by atoms with Crippen LogP contribution in [0, 0.1) is 0 Å². The van der Waals surface area contributed by atoms with Crippen LogP contribution in [0.2, 0.25) is 0 Å². The van der Waals surface area contributed by atoms with Crippen molar-refractivity contribution >= 4 is 5.91 Å². The lowest BCUT2D eigenvalue weighted by Gasteiger charge is -2.42. The molecule has 0 aromatic rings. The fourth-order valence-electron chi connectivity index (χ4n) is 1.65. The lowest BCUT2D eigenvalue weighted by molar-refractivity contribution is -0.127. The van der Waals surface area contributed by atoms with Crippen molar-refractivity contribution in [1.29, 1.82) is 0 Å². The molecule has 0 aromatic heterocycles. The van der Waals surface area contributed by atoms with Gasteiger partial charge in [0.05, 0.1) is 6.54 Å². The molecule has 1 N–H and O–H groups in total. The predicted octanol–water partition coefficient (Wildman–Crippen LogP) is 0.233. The number of piperazine rings is 1.